The Morgan fingerprint density at radius 3 is 0.709 bits per heavy atom. The molecule has 462 valence electrons. The lowest BCUT2D eigenvalue weighted by Crippen LogP contribution is -2.30. The van der Waals surface area contributed by atoms with Gasteiger partial charge in [0.05, 0.1) is 0 Å². The van der Waals surface area contributed by atoms with E-state index in [0.29, 0.717) is 19.3 Å². The largest absolute Gasteiger partial charge is 0.462 e. The molecular weight excluding hydrogens is 973 g/mol. The van der Waals surface area contributed by atoms with Crippen molar-refractivity contribution < 1.29 is 28.6 Å². The highest BCUT2D eigenvalue weighted by Gasteiger charge is 2.19. The molecule has 0 aliphatic carbocycles. The molecule has 0 aromatic heterocycles. The Bertz CT molecular complexity index is 1360. The number of esters is 3. The van der Waals surface area contributed by atoms with Crippen molar-refractivity contribution in [2.24, 2.45) is 0 Å². The van der Waals surface area contributed by atoms with Crippen LogP contribution in [0.5, 0.6) is 0 Å². The van der Waals surface area contributed by atoms with Crippen molar-refractivity contribution in [3.63, 3.8) is 0 Å². The van der Waals surface area contributed by atoms with E-state index in [1.165, 1.54) is 250 Å². The molecule has 0 saturated carbocycles. The molecule has 79 heavy (non-hydrogen) atoms. The monoisotopic (exact) mass is 1110 g/mol. The van der Waals surface area contributed by atoms with Gasteiger partial charge in [0.15, 0.2) is 6.10 Å². The molecule has 6 nitrogen and oxygen atoms in total. The van der Waals surface area contributed by atoms with Crippen molar-refractivity contribution >= 4 is 17.9 Å². The SMILES string of the molecule is CCCCCC/C=C\C/C=C\CCCCCCCC(=O)OC(COC(=O)CCCCCCCCCCCCCC)COC(=O)CCCCCCCCCCCCCCCCCCCCCCC/C=C\C/C=C\CCCCCCC. The minimum atomic E-state index is -0.777. The lowest BCUT2D eigenvalue weighted by molar-refractivity contribution is -0.167. The van der Waals surface area contributed by atoms with Gasteiger partial charge in [-0.05, 0) is 83.5 Å². The van der Waals surface area contributed by atoms with E-state index in [9.17, 15) is 14.4 Å². The molecule has 0 rings (SSSR count). The maximum Gasteiger partial charge on any atom is 0.306 e. The molecule has 0 radical (unpaired) electrons. The molecule has 0 N–H and O–H groups in total. The number of carbonyl (C=O) groups is 3. The molecule has 0 saturated heterocycles. The molecule has 0 aliphatic heterocycles. The molecule has 0 spiro atoms. The number of rotatable bonds is 65. The third kappa shape index (κ3) is 66.1. The molecular formula is C73H134O6. The van der Waals surface area contributed by atoms with E-state index in [4.69, 9.17) is 14.2 Å². The minimum absolute atomic E-state index is 0.0735. The summed E-state index contributed by atoms with van der Waals surface area (Å²) in [4.78, 5) is 38.3. The van der Waals surface area contributed by atoms with Gasteiger partial charge in [-0.1, -0.05) is 326 Å². The fourth-order valence-electron chi connectivity index (χ4n) is 10.5. The average Bonchev–Trinajstić information content (AvgIpc) is 3.45. The van der Waals surface area contributed by atoms with Crippen LogP contribution in [0.2, 0.25) is 0 Å². The molecule has 0 aromatic rings. The summed E-state index contributed by atoms with van der Waals surface area (Å²) in [7, 11) is 0. The summed E-state index contributed by atoms with van der Waals surface area (Å²) in [5.74, 6) is -0.863. The van der Waals surface area contributed by atoms with Crippen LogP contribution in [0.15, 0.2) is 48.6 Å². The first-order valence-electron chi connectivity index (χ1n) is 35.1. The van der Waals surface area contributed by atoms with E-state index in [1.807, 2.05) is 0 Å². The summed E-state index contributed by atoms with van der Waals surface area (Å²) >= 11 is 0. The summed E-state index contributed by atoms with van der Waals surface area (Å²) in [6.45, 7) is 6.65. The summed E-state index contributed by atoms with van der Waals surface area (Å²) in [6.07, 6.45) is 85.8. The van der Waals surface area contributed by atoms with Crippen LogP contribution in [-0.2, 0) is 28.6 Å². The van der Waals surface area contributed by atoms with Crippen LogP contribution >= 0.6 is 0 Å². The highest BCUT2D eigenvalue weighted by Crippen LogP contribution is 2.18. The highest BCUT2D eigenvalue weighted by molar-refractivity contribution is 5.71. The molecule has 1 unspecified atom stereocenters. The second kappa shape index (κ2) is 67.9. The van der Waals surface area contributed by atoms with E-state index in [0.717, 1.165) is 89.9 Å². The van der Waals surface area contributed by atoms with Gasteiger partial charge in [0.1, 0.15) is 13.2 Å². The number of allylic oxidation sites excluding steroid dienone is 8. The first-order chi connectivity index (χ1) is 39.0. The Morgan fingerprint density at radius 1 is 0.253 bits per heavy atom. The van der Waals surface area contributed by atoms with Gasteiger partial charge in [-0.15, -0.1) is 0 Å². The van der Waals surface area contributed by atoms with E-state index >= 15 is 0 Å². The third-order valence-electron chi connectivity index (χ3n) is 15.8. The van der Waals surface area contributed by atoms with Crippen LogP contribution in [-0.4, -0.2) is 37.2 Å². The maximum absolute atomic E-state index is 12.9. The van der Waals surface area contributed by atoms with Crippen molar-refractivity contribution in [3.05, 3.63) is 48.6 Å². The molecule has 6 heteroatoms. The molecule has 0 aliphatic rings. The van der Waals surface area contributed by atoms with Crippen molar-refractivity contribution in [3.8, 4) is 0 Å². The van der Waals surface area contributed by atoms with Crippen LogP contribution in [0.25, 0.3) is 0 Å². The normalized spacial score (nSPS) is 12.3. The lowest BCUT2D eigenvalue weighted by atomic mass is 10.0. The lowest BCUT2D eigenvalue weighted by Gasteiger charge is -2.18. The summed E-state index contributed by atoms with van der Waals surface area (Å²) in [5.41, 5.74) is 0. The van der Waals surface area contributed by atoms with Crippen molar-refractivity contribution in [2.75, 3.05) is 13.2 Å². The summed E-state index contributed by atoms with van der Waals surface area (Å²) < 4.78 is 16.9. The standard InChI is InChI=1S/C73H134O6/c1-4-7-10-13-16-19-22-25-27-29-30-31-32-33-34-35-36-37-38-39-40-41-42-43-44-45-47-48-51-54-57-60-63-66-72(75)78-69-70(68-77-71(74)65-62-59-56-53-50-24-21-18-15-12-9-6-3)79-73(76)67-64-61-58-55-52-49-46-28-26-23-20-17-14-11-8-5-2/h20,22-23,25,28-30,46,70H,4-19,21,24,26-27,31-45,47-69H2,1-3H3/b23-20-,25-22-,30-29-,46-28-. The van der Waals surface area contributed by atoms with Gasteiger partial charge in [-0.3, -0.25) is 14.4 Å². The van der Waals surface area contributed by atoms with Gasteiger partial charge in [0, 0.05) is 19.3 Å². The quantitative estimate of drug-likeness (QED) is 0.0261. The molecule has 1 atom stereocenters. The minimum Gasteiger partial charge on any atom is -0.462 e. The van der Waals surface area contributed by atoms with Gasteiger partial charge in [-0.2, -0.15) is 0 Å². The average molecular weight is 1110 g/mol. The molecule has 0 amide bonds. The predicted molar refractivity (Wildman–Crippen MR) is 344 cm³/mol. The fourth-order valence-corrected chi connectivity index (χ4v) is 10.5. The summed E-state index contributed by atoms with van der Waals surface area (Å²) in [6, 6.07) is 0. The predicted octanol–water partition coefficient (Wildman–Crippen LogP) is 24.1. The zero-order valence-corrected chi connectivity index (χ0v) is 53.2. The number of hydrogen-bond acceptors (Lipinski definition) is 6. The fraction of sp³-hybridized carbons (Fsp3) is 0.849. The van der Waals surface area contributed by atoms with Gasteiger partial charge in [0.2, 0.25) is 0 Å². The van der Waals surface area contributed by atoms with E-state index in [1.54, 1.807) is 0 Å². The summed E-state index contributed by atoms with van der Waals surface area (Å²) in [5, 5.41) is 0. The third-order valence-corrected chi connectivity index (χ3v) is 15.8. The Labute approximate surface area is 492 Å². The first kappa shape index (κ1) is 76.4. The van der Waals surface area contributed by atoms with E-state index in [-0.39, 0.29) is 31.1 Å². The Morgan fingerprint density at radius 2 is 0.456 bits per heavy atom. The van der Waals surface area contributed by atoms with Crippen LogP contribution < -0.4 is 0 Å². The van der Waals surface area contributed by atoms with E-state index < -0.39 is 6.10 Å². The van der Waals surface area contributed by atoms with Gasteiger partial charge in [0.25, 0.3) is 0 Å². The zero-order valence-electron chi connectivity index (χ0n) is 53.2. The second-order valence-corrected chi connectivity index (χ2v) is 23.8. The van der Waals surface area contributed by atoms with Crippen molar-refractivity contribution in [2.45, 2.75) is 386 Å². The smallest absolute Gasteiger partial charge is 0.306 e. The number of carbonyl (C=O) groups excluding carboxylic acids is 3. The maximum atomic E-state index is 12.9. The molecule has 0 aromatic carbocycles. The number of hydrogen-bond donors (Lipinski definition) is 0. The number of ether oxygens (including phenoxy) is 3. The topological polar surface area (TPSA) is 78.9 Å². The molecule has 0 heterocycles. The van der Waals surface area contributed by atoms with E-state index in [2.05, 4.69) is 69.4 Å². The zero-order chi connectivity index (χ0) is 57.1. The van der Waals surface area contributed by atoms with Gasteiger partial charge >= 0.3 is 17.9 Å². The van der Waals surface area contributed by atoms with Crippen LogP contribution in [0, 0.1) is 0 Å². The Kier molecular flexibility index (Phi) is 65.6. The Balaban J connectivity index is 4.10. The van der Waals surface area contributed by atoms with Crippen LogP contribution in [0.3, 0.4) is 0 Å². The van der Waals surface area contributed by atoms with Crippen molar-refractivity contribution in [1.82, 2.24) is 0 Å². The van der Waals surface area contributed by atoms with Gasteiger partial charge < -0.3 is 14.2 Å². The highest BCUT2D eigenvalue weighted by atomic mass is 16.6. The second-order valence-electron chi connectivity index (χ2n) is 23.8. The van der Waals surface area contributed by atoms with Crippen molar-refractivity contribution in [1.29, 1.82) is 0 Å². The number of unbranched alkanes of at least 4 members (excludes halogenated alkanes) is 46. The van der Waals surface area contributed by atoms with Crippen LogP contribution in [0.1, 0.15) is 380 Å². The van der Waals surface area contributed by atoms with Gasteiger partial charge in [-0.25, -0.2) is 0 Å². The molecule has 0 bridgehead atoms. The molecule has 0 fully saturated rings. The Hall–Kier alpha value is -2.63. The first-order valence-corrected chi connectivity index (χ1v) is 35.1. The van der Waals surface area contributed by atoms with Crippen LogP contribution in [0.4, 0.5) is 0 Å².